The van der Waals surface area contributed by atoms with Gasteiger partial charge in [0.25, 0.3) is 5.91 Å². The van der Waals surface area contributed by atoms with Gasteiger partial charge in [-0.05, 0) is 66.2 Å². The molecule has 0 saturated carbocycles. The van der Waals surface area contributed by atoms with E-state index in [2.05, 4.69) is 0 Å². The highest BCUT2D eigenvalue weighted by Gasteiger charge is 2.21. The number of ether oxygens (including phenoxy) is 2. The molecule has 0 spiro atoms. The molecule has 0 atom stereocenters. The molecule has 10 heteroatoms. The molecule has 3 aromatic carbocycles. The van der Waals surface area contributed by atoms with Crippen LogP contribution in [-0.2, 0) is 23.2 Å². The Balaban J connectivity index is 1.60. The van der Waals surface area contributed by atoms with Gasteiger partial charge in [0, 0.05) is 18.2 Å². The quantitative estimate of drug-likeness (QED) is 0.268. The van der Waals surface area contributed by atoms with Gasteiger partial charge in [-0.1, -0.05) is 12.1 Å². The van der Waals surface area contributed by atoms with Crippen LogP contribution in [0.2, 0.25) is 0 Å². The molecule has 0 unspecified atom stereocenters. The molecule has 1 heterocycles. The Hall–Kier alpha value is -4.31. The van der Waals surface area contributed by atoms with Gasteiger partial charge in [-0.2, -0.15) is 8.42 Å². The number of amides is 1. The molecule has 0 radical (unpaired) electrons. The summed E-state index contributed by atoms with van der Waals surface area (Å²) in [6.45, 7) is 0.275. The fourth-order valence-corrected chi connectivity index (χ4v) is 4.52. The molecular formula is C27H24FNO7S. The molecule has 0 saturated heterocycles. The van der Waals surface area contributed by atoms with Crippen molar-refractivity contribution in [2.75, 3.05) is 14.2 Å². The van der Waals surface area contributed by atoms with Crippen molar-refractivity contribution < 1.29 is 35.7 Å². The van der Waals surface area contributed by atoms with E-state index in [1.165, 1.54) is 32.6 Å². The van der Waals surface area contributed by atoms with Gasteiger partial charge in [0.2, 0.25) is 0 Å². The van der Waals surface area contributed by atoms with Gasteiger partial charge in [-0.3, -0.25) is 4.79 Å². The summed E-state index contributed by atoms with van der Waals surface area (Å²) in [4.78, 5) is 14.9. The molecule has 0 N–H and O–H groups in total. The third-order valence-corrected chi connectivity index (χ3v) is 6.65. The van der Waals surface area contributed by atoms with Gasteiger partial charge in [-0.15, -0.1) is 0 Å². The van der Waals surface area contributed by atoms with Crippen LogP contribution < -0.4 is 13.7 Å². The van der Waals surface area contributed by atoms with Gasteiger partial charge in [0.05, 0.1) is 27.0 Å². The van der Waals surface area contributed by atoms with E-state index in [0.717, 1.165) is 24.3 Å². The second-order valence-electron chi connectivity index (χ2n) is 7.98. The number of halogens is 1. The summed E-state index contributed by atoms with van der Waals surface area (Å²) < 4.78 is 59.7. The molecule has 192 valence electrons. The van der Waals surface area contributed by atoms with Crippen LogP contribution in [0.3, 0.4) is 0 Å². The highest BCUT2D eigenvalue weighted by molar-refractivity contribution is 7.87. The van der Waals surface area contributed by atoms with Crippen LogP contribution in [0, 0.1) is 5.82 Å². The van der Waals surface area contributed by atoms with E-state index in [4.69, 9.17) is 18.1 Å². The largest absolute Gasteiger partial charge is 0.497 e. The average molecular weight is 526 g/mol. The maximum atomic E-state index is 13.6. The number of hydrogen-bond donors (Lipinski definition) is 0. The van der Waals surface area contributed by atoms with Crippen molar-refractivity contribution in [2.24, 2.45) is 0 Å². The summed E-state index contributed by atoms with van der Waals surface area (Å²) in [6, 6.07) is 19.0. The first-order valence-electron chi connectivity index (χ1n) is 11.1. The Morgan fingerprint density at radius 1 is 0.865 bits per heavy atom. The van der Waals surface area contributed by atoms with Gasteiger partial charge in [0.1, 0.15) is 33.7 Å². The van der Waals surface area contributed by atoms with Crippen LogP contribution in [0.25, 0.3) is 0 Å². The maximum absolute atomic E-state index is 13.6. The Morgan fingerprint density at radius 2 is 1.57 bits per heavy atom. The van der Waals surface area contributed by atoms with E-state index < -0.39 is 15.9 Å². The minimum Gasteiger partial charge on any atom is -0.497 e. The standard InChI is InChI=1S/C27H24FNO7S/c1-33-24-14-20(15-25(16-24)34-2)27(30)29(18-23-7-4-12-35-23)17-19-5-3-6-22(13-19)36-37(31,32)26-10-8-21(28)9-11-26/h3-16H,17-18H2,1-2H3. The van der Waals surface area contributed by atoms with Crippen LogP contribution in [0.1, 0.15) is 21.7 Å². The fourth-order valence-electron chi connectivity index (χ4n) is 3.60. The van der Waals surface area contributed by atoms with Crippen molar-refractivity contribution in [3.63, 3.8) is 0 Å². The zero-order valence-electron chi connectivity index (χ0n) is 20.1. The molecule has 0 fully saturated rings. The lowest BCUT2D eigenvalue weighted by Gasteiger charge is -2.23. The highest BCUT2D eigenvalue weighted by atomic mass is 32.2. The summed E-state index contributed by atoms with van der Waals surface area (Å²) >= 11 is 0. The van der Waals surface area contributed by atoms with E-state index in [9.17, 15) is 17.6 Å². The normalized spacial score (nSPS) is 11.1. The third-order valence-electron chi connectivity index (χ3n) is 5.39. The van der Waals surface area contributed by atoms with Crippen LogP contribution in [-0.4, -0.2) is 33.4 Å². The lowest BCUT2D eigenvalue weighted by molar-refractivity contribution is 0.0716. The first kappa shape index (κ1) is 25.8. The lowest BCUT2D eigenvalue weighted by atomic mass is 10.1. The molecule has 1 amide bonds. The number of furan rings is 1. The lowest BCUT2D eigenvalue weighted by Crippen LogP contribution is -2.30. The van der Waals surface area contributed by atoms with Crippen molar-refractivity contribution in [2.45, 2.75) is 18.0 Å². The van der Waals surface area contributed by atoms with E-state index in [0.29, 0.717) is 28.4 Å². The summed E-state index contributed by atoms with van der Waals surface area (Å²) in [5, 5.41) is 0. The van der Waals surface area contributed by atoms with Crippen molar-refractivity contribution in [3.8, 4) is 17.2 Å². The molecule has 37 heavy (non-hydrogen) atoms. The minimum atomic E-state index is -4.18. The van der Waals surface area contributed by atoms with E-state index in [1.54, 1.807) is 47.4 Å². The van der Waals surface area contributed by atoms with Crippen molar-refractivity contribution in [1.29, 1.82) is 0 Å². The zero-order chi connectivity index (χ0) is 26.4. The predicted octanol–water partition coefficient (Wildman–Crippen LogP) is 5.05. The van der Waals surface area contributed by atoms with Crippen LogP contribution >= 0.6 is 0 Å². The SMILES string of the molecule is COc1cc(OC)cc(C(=O)N(Cc2cccc(OS(=O)(=O)c3ccc(F)cc3)c2)Cc2ccco2)c1. The molecule has 4 aromatic rings. The van der Waals surface area contributed by atoms with Gasteiger partial charge in [0.15, 0.2) is 0 Å². The average Bonchev–Trinajstić information content (AvgIpc) is 3.41. The monoisotopic (exact) mass is 525 g/mol. The van der Waals surface area contributed by atoms with E-state index >= 15 is 0 Å². The fraction of sp³-hybridized carbons (Fsp3) is 0.148. The number of hydrogen-bond acceptors (Lipinski definition) is 7. The first-order valence-corrected chi connectivity index (χ1v) is 12.5. The van der Waals surface area contributed by atoms with Crippen LogP contribution in [0.4, 0.5) is 4.39 Å². The summed E-state index contributed by atoms with van der Waals surface area (Å²) in [5.41, 5.74) is 0.954. The van der Waals surface area contributed by atoms with Gasteiger partial charge < -0.3 is 23.0 Å². The Labute approximate surface area is 213 Å². The number of carbonyl (C=O) groups excluding carboxylic acids is 1. The van der Waals surface area contributed by atoms with Crippen molar-refractivity contribution in [3.05, 3.63) is 108 Å². The predicted molar refractivity (Wildman–Crippen MR) is 132 cm³/mol. The third kappa shape index (κ3) is 6.47. The highest BCUT2D eigenvalue weighted by Crippen LogP contribution is 2.26. The molecule has 0 aliphatic heterocycles. The first-order chi connectivity index (χ1) is 17.8. The topological polar surface area (TPSA) is 95.3 Å². The van der Waals surface area contributed by atoms with Crippen LogP contribution in [0.5, 0.6) is 17.2 Å². The molecular weight excluding hydrogens is 501 g/mol. The smallest absolute Gasteiger partial charge is 0.339 e. The van der Waals surface area contributed by atoms with E-state index in [-0.39, 0.29) is 29.6 Å². The number of methoxy groups -OCH3 is 2. The summed E-state index contributed by atoms with van der Waals surface area (Å²) in [7, 11) is -1.19. The van der Waals surface area contributed by atoms with Crippen LogP contribution in [0.15, 0.2) is 94.4 Å². The van der Waals surface area contributed by atoms with Gasteiger partial charge >= 0.3 is 10.1 Å². The Kier molecular flexibility index (Phi) is 7.78. The van der Waals surface area contributed by atoms with Crippen molar-refractivity contribution in [1.82, 2.24) is 4.90 Å². The number of nitrogens with zero attached hydrogens (tertiary/aromatic N) is 1. The minimum absolute atomic E-state index is 0.0512. The van der Waals surface area contributed by atoms with Gasteiger partial charge in [-0.25, -0.2) is 4.39 Å². The molecule has 0 aliphatic carbocycles. The van der Waals surface area contributed by atoms with Crippen molar-refractivity contribution >= 4 is 16.0 Å². The molecule has 8 nitrogen and oxygen atoms in total. The Morgan fingerprint density at radius 3 is 2.19 bits per heavy atom. The molecule has 1 aromatic heterocycles. The number of carbonyl (C=O) groups is 1. The van der Waals surface area contributed by atoms with E-state index in [1.807, 2.05) is 0 Å². The molecule has 4 rings (SSSR count). The Bertz CT molecular complexity index is 1450. The number of rotatable bonds is 10. The number of benzene rings is 3. The molecule has 0 bridgehead atoms. The zero-order valence-corrected chi connectivity index (χ0v) is 20.9. The summed E-state index contributed by atoms with van der Waals surface area (Å²) in [6.07, 6.45) is 1.52. The maximum Gasteiger partial charge on any atom is 0.339 e. The molecule has 0 aliphatic rings. The summed E-state index contributed by atoms with van der Waals surface area (Å²) in [5.74, 6) is 0.656. The second-order valence-corrected chi connectivity index (χ2v) is 9.53. The second kappa shape index (κ2) is 11.2.